The number of unbranched alkanes of at least 4 members (excludes halogenated alkanes) is 1. The topological polar surface area (TPSA) is 166 Å². The summed E-state index contributed by atoms with van der Waals surface area (Å²) < 4.78 is 71.6. The van der Waals surface area contributed by atoms with E-state index in [1.807, 2.05) is 41.5 Å². The van der Waals surface area contributed by atoms with Crippen LogP contribution in [0.1, 0.15) is 320 Å². The Morgan fingerprint density at radius 2 is 0.584 bits per heavy atom. The smallest absolute Gasteiger partial charge is 0.160 e. The molecule has 4 aliphatic rings. The summed E-state index contributed by atoms with van der Waals surface area (Å²) in [6.07, 6.45) is 13.8. The van der Waals surface area contributed by atoms with Gasteiger partial charge in [0.1, 0.15) is 6.61 Å². The quantitative estimate of drug-likeness (QED) is 0.0527. The summed E-state index contributed by atoms with van der Waals surface area (Å²) in [5.74, 6) is 3.86. The largest absolute Gasteiger partial charge is 0.381 e. The predicted molar refractivity (Wildman–Crippen MR) is 529 cm³/mol. The molecule has 4 atom stereocenters. The first-order valence-electron chi connectivity index (χ1n) is 50.4. The highest BCUT2D eigenvalue weighted by Gasteiger charge is 2.43. The van der Waals surface area contributed by atoms with Crippen LogP contribution < -0.4 is 0 Å². The van der Waals surface area contributed by atoms with Gasteiger partial charge in [-0.3, -0.25) is 24.3 Å². The molecule has 125 heavy (non-hydrogen) atoms. The zero-order chi connectivity index (χ0) is 95.5. The van der Waals surface area contributed by atoms with Gasteiger partial charge in [0.25, 0.3) is 0 Å². The third kappa shape index (κ3) is 94.4. The number of hydrogen-bond donors (Lipinski definition) is 0. The fourth-order valence-electron chi connectivity index (χ4n) is 12.3. The molecule has 4 heterocycles. The van der Waals surface area contributed by atoms with Crippen LogP contribution in [0.15, 0.2) is 0 Å². The average Bonchev–Trinajstić information content (AvgIpc) is 1.64. The van der Waals surface area contributed by atoms with E-state index < -0.39 is 0 Å². The van der Waals surface area contributed by atoms with Crippen molar-refractivity contribution in [2.24, 2.45) is 68.0 Å². The molecule has 0 radical (unpaired) electrons. The number of ether oxygens (including phenoxy) is 13. The van der Waals surface area contributed by atoms with Gasteiger partial charge in [-0.15, -0.1) is 0 Å². The number of likely N-dealkylation sites (tertiary alicyclic amines) is 2. The molecular weight excluding hydrogens is 1570 g/mol. The summed E-state index contributed by atoms with van der Waals surface area (Å²) in [5, 5.41) is 2.09. The third-order valence-electron chi connectivity index (χ3n) is 21.1. The Labute approximate surface area is 777 Å². The Balaban J connectivity index is -0.00000140. The molecule has 21 nitrogen and oxygen atoms in total. The van der Waals surface area contributed by atoms with E-state index >= 15 is 0 Å². The van der Waals surface area contributed by atoms with Gasteiger partial charge in [0.2, 0.25) is 0 Å². The van der Waals surface area contributed by atoms with Crippen LogP contribution in [0.5, 0.6) is 0 Å². The molecule has 4 saturated heterocycles. The minimum atomic E-state index is 0.0781. The van der Waals surface area contributed by atoms with E-state index in [0.29, 0.717) is 93.5 Å². The lowest BCUT2D eigenvalue weighted by molar-refractivity contribution is -0.187. The van der Waals surface area contributed by atoms with Crippen LogP contribution in [0.2, 0.25) is 0 Å². The second-order valence-corrected chi connectivity index (χ2v) is 45.9. The van der Waals surface area contributed by atoms with Crippen molar-refractivity contribution in [3.05, 3.63) is 0 Å². The number of hydrogen-bond acceptors (Lipinski definition) is 21. The van der Waals surface area contributed by atoms with E-state index in [1.165, 1.54) is 84.6 Å². The first-order chi connectivity index (χ1) is 58.2. The molecule has 0 aromatic carbocycles. The molecule has 0 saturated carbocycles. The normalized spacial score (nSPS) is 17.3. The lowest BCUT2D eigenvalue weighted by atomic mass is 9.92. The Morgan fingerprint density at radius 3 is 0.928 bits per heavy atom. The molecule has 21 heteroatoms. The average molecular weight is 1790 g/mol. The van der Waals surface area contributed by atoms with E-state index in [4.69, 9.17) is 66.4 Å². The van der Waals surface area contributed by atoms with Gasteiger partial charge in [-0.25, -0.2) is 0 Å². The number of carbonyl (C=O) groups excluding carboxylic acids is 1. The highest BCUT2D eigenvalue weighted by atomic mass is 16.7. The van der Waals surface area contributed by atoms with Gasteiger partial charge in [0.15, 0.2) is 5.78 Å². The Bertz CT molecular complexity index is 2280. The van der Waals surface area contributed by atoms with E-state index in [-0.39, 0.29) is 59.0 Å². The highest BCUT2D eigenvalue weighted by Crippen LogP contribution is 2.32. The molecule has 0 N–H and O–H groups in total. The van der Waals surface area contributed by atoms with Crippen LogP contribution in [0.3, 0.4) is 0 Å². The number of Topliss-reactive ketones (excluding diaryl/α,β-unsaturated/α-hetero) is 1. The van der Waals surface area contributed by atoms with Crippen LogP contribution >= 0.6 is 0 Å². The molecule has 0 aromatic rings. The van der Waals surface area contributed by atoms with E-state index in [0.717, 1.165) is 194 Å². The molecule has 2 bridgehead atoms. The summed E-state index contributed by atoms with van der Waals surface area (Å²) >= 11 is 0. The van der Waals surface area contributed by atoms with Gasteiger partial charge in [-0.1, -0.05) is 208 Å². The number of piperazine rings is 3. The van der Waals surface area contributed by atoms with Gasteiger partial charge in [0.05, 0.1) is 124 Å². The molecule has 4 rings (SSSR count). The number of hydroxylamine groups is 2. The maximum Gasteiger partial charge on any atom is 0.160 e. The molecule has 0 aliphatic carbocycles. The summed E-state index contributed by atoms with van der Waals surface area (Å²) in [6.45, 7) is 113. The highest BCUT2D eigenvalue weighted by molar-refractivity contribution is 5.81. The van der Waals surface area contributed by atoms with Crippen LogP contribution in [0.25, 0.3) is 0 Å². The third-order valence-corrected chi connectivity index (χ3v) is 21.1. The first kappa shape index (κ1) is 128. The number of nitrogens with zero attached hydrogens (tertiary/aromatic N) is 6. The Kier molecular flexibility index (Phi) is 77.9. The number of ketones is 1. The second-order valence-electron chi connectivity index (χ2n) is 45.9. The number of carbonyl (C=O) groups is 1. The van der Waals surface area contributed by atoms with Gasteiger partial charge < -0.3 is 71.4 Å². The monoisotopic (exact) mass is 1790 g/mol. The maximum atomic E-state index is 11.2. The maximum absolute atomic E-state index is 11.2. The van der Waals surface area contributed by atoms with Crippen LogP contribution in [-0.2, 0) is 71.2 Å². The Morgan fingerprint density at radius 1 is 0.288 bits per heavy atom. The lowest BCUT2D eigenvalue weighted by Crippen LogP contribution is -2.47. The van der Waals surface area contributed by atoms with Crippen LogP contribution in [0.4, 0.5) is 0 Å². The molecule has 4 aliphatic heterocycles. The molecule has 754 valence electrons. The summed E-state index contributed by atoms with van der Waals surface area (Å²) in [5.41, 5.74) is 2.15. The second kappa shape index (κ2) is 76.1. The van der Waals surface area contributed by atoms with Crippen molar-refractivity contribution in [2.75, 3.05) is 250 Å². The van der Waals surface area contributed by atoms with Crippen molar-refractivity contribution in [3.63, 3.8) is 0 Å². The van der Waals surface area contributed by atoms with E-state index in [1.54, 1.807) is 0 Å². The fraction of sp³-hybridized carbons (Fsp3) is 0.990. The van der Waals surface area contributed by atoms with Gasteiger partial charge in [-0.05, 0) is 194 Å². The van der Waals surface area contributed by atoms with Crippen molar-refractivity contribution in [3.8, 4) is 0 Å². The molecular formula is C104H218N6O15. The minimum absolute atomic E-state index is 0.0781. The molecule has 2 unspecified atom stereocenters. The molecule has 0 spiro atoms. The van der Waals surface area contributed by atoms with Crippen molar-refractivity contribution < 1.29 is 71.2 Å². The van der Waals surface area contributed by atoms with Crippen molar-refractivity contribution in [1.29, 1.82) is 0 Å². The van der Waals surface area contributed by atoms with Gasteiger partial charge in [-0.2, -0.15) is 5.06 Å². The Hall–Kier alpha value is -1.13. The van der Waals surface area contributed by atoms with Crippen molar-refractivity contribution in [1.82, 2.24) is 29.6 Å². The van der Waals surface area contributed by atoms with Crippen molar-refractivity contribution >= 4 is 5.78 Å². The van der Waals surface area contributed by atoms with Gasteiger partial charge in [0, 0.05) is 143 Å². The molecule has 0 aromatic heterocycles. The first-order valence-corrected chi connectivity index (χ1v) is 50.4. The fourth-order valence-corrected chi connectivity index (χ4v) is 12.3. The van der Waals surface area contributed by atoms with Gasteiger partial charge >= 0.3 is 0 Å². The summed E-state index contributed by atoms with van der Waals surface area (Å²) in [4.78, 5) is 30.1. The van der Waals surface area contributed by atoms with Crippen LogP contribution in [0, 0.1) is 68.0 Å². The summed E-state index contributed by atoms with van der Waals surface area (Å²) in [6, 6.07) is 1.59. The van der Waals surface area contributed by atoms with E-state index in [2.05, 4.69) is 237 Å². The minimum Gasteiger partial charge on any atom is -0.381 e. The molecule has 4 fully saturated rings. The van der Waals surface area contributed by atoms with Crippen LogP contribution in [-0.4, -0.2) is 322 Å². The molecule has 0 amide bonds. The lowest BCUT2D eigenvalue weighted by Gasteiger charge is -2.36. The SMILES string of the molecule is CC(C)(C)CCN1CC2CC1CN2CCOCC(C)(C)C.CC(C)(C)CCN1CCN(CCOCC(C)(C)C)CC1.CC(C)(C)CCN1CCN(OCCOCC(C)(C)C)CC1.CC(C)CCOCCCCOCC(=O)C(C)C.CC(C)CCOCCOCCC(C)C.CC(C)CCO[C@H](C)[C@@H](C)OCCC(C)C.CC(C)OCCOCCOCCOC(C)C. The van der Waals surface area contributed by atoms with E-state index in [9.17, 15) is 4.79 Å². The zero-order valence-corrected chi connectivity index (χ0v) is 89.9. The van der Waals surface area contributed by atoms with Crippen molar-refractivity contribution in [2.45, 2.75) is 356 Å². The standard InChI is InChI=1S/C18H36N2O.C17H36N2O2.C17H36N2O.C14H28O3.C14H30O2.C12H26O4.C12H26O2/c1-17(2,3)7-8-19-12-16-11-15(19)13-20(16)9-10-21-14-18(4,5)6;1-16(2,3)7-8-18-9-11-19(12-10-18)21-14-13-20-15-17(4,5)6;1-16(2,3)7-8-18-9-11-19(12-10-18)13-14-20-15-17(4,5)6;1-12(2)7-10-16-8-5-6-9-17-11-14(15)13(3)4;1-11(2)7-9-15-13(5)14(6)16-10-8-12(3)4;1-11(2)15-9-7-13-5-6-14-8-10-16-12(3)4;1-11(2)5-7-13-9-10-14-8-6-12(3)4/h15-16H,7-14H2,1-6H3;7-15H2,1-6H3;7-15H2,1-6H3;12-13H,5-11H2,1-4H3;11-14H,7-10H2,1-6H3;11-12H,5-10H2,1-4H3;11-12H,5-10H2,1-4H3/t;;;;13-,14-;;/m....1../s1. The predicted octanol–water partition coefficient (Wildman–Crippen LogP) is 21.3. The number of rotatable bonds is 59. The summed E-state index contributed by atoms with van der Waals surface area (Å²) in [7, 11) is 0. The number of fused-ring (bicyclic) bond motifs is 2. The zero-order valence-electron chi connectivity index (χ0n) is 89.9.